The molecular formula is C17H20N6. The lowest BCUT2D eigenvalue weighted by Gasteiger charge is -2.06. The lowest BCUT2D eigenvalue weighted by molar-refractivity contribution is 0.587. The van der Waals surface area contributed by atoms with Crippen molar-refractivity contribution in [1.82, 2.24) is 29.6 Å². The van der Waals surface area contributed by atoms with Crippen LogP contribution in [0.15, 0.2) is 43.0 Å². The molecule has 0 saturated heterocycles. The van der Waals surface area contributed by atoms with E-state index < -0.39 is 0 Å². The number of nitrogens with zero attached hydrogens (tertiary/aromatic N) is 5. The first kappa shape index (κ1) is 14.1. The van der Waals surface area contributed by atoms with Gasteiger partial charge >= 0.3 is 0 Å². The van der Waals surface area contributed by atoms with Crippen molar-refractivity contribution in [3.63, 3.8) is 0 Å². The Balaban J connectivity index is 1.55. The van der Waals surface area contributed by atoms with Gasteiger partial charge in [0.05, 0.1) is 5.69 Å². The molecule has 0 spiro atoms. The largest absolute Gasteiger partial charge is 0.329 e. The third-order valence-electron chi connectivity index (χ3n) is 4.20. The monoisotopic (exact) mass is 308 g/mol. The van der Waals surface area contributed by atoms with Crippen LogP contribution < -0.4 is 5.32 Å². The molecule has 118 valence electrons. The van der Waals surface area contributed by atoms with Gasteiger partial charge in [-0.15, -0.1) is 0 Å². The first-order valence-electron chi connectivity index (χ1n) is 8.08. The Hall–Kier alpha value is -2.47. The molecule has 0 aliphatic carbocycles. The van der Waals surface area contributed by atoms with Crippen LogP contribution in [-0.2, 0) is 26.1 Å². The molecule has 4 heterocycles. The van der Waals surface area contributed by atoms with Crippen LogP contribution in [0.2, 0.25) is 0 Å². The van der Waals surface area contributed by atoms with Gasteiger partial charge in [0.25, 0.3) is 0 Å². The van der Waals surface area contributed by atoms with Crippen LogP contribution in [0.1, 0.15) is 17.7 Å². The van der Waals surface area contributed by atoms with Crippen molar-refractivity contribution in [3.05, 3.63) is 54.2 Å². The van der Waals surface area contributed by atoms with E-state index in [4.69, 9.17) is 5.10 Å². The zero-order chi connectivity index (χ0) is 15.5. The standard InChI is InChI=1S/C17H20N6/c1-3-14(12-18-5-1)4-9-22-10-7-20-17(22)16-11-15-13-19-6-2-8-23(15)21-16/h1,3,5,7,10-12,19H,2,4,6,8-9,13H2. The Kier molecular flexibility index (Phi) is 3.90. The highest BCUT2D eigenvalue weighted by molar-refractivity contribution is 5.50. The Morgan fingerprint density at radius 2 is 2.26 bits per heavy atom. The molecule has 1 N–H and O–H groups in total. The van der Waals surface area contributed by atoms with E-state index in [1.54, 1.807) is 6.20 Å². The number of imidazole rings is 1. The summed E-state index contributed by atoms with van der Waals surface area (Å²) in [7, 11) is 0. The van der Waals surface area contributed by atoms with Crippen molar-refractivity contribution in [1.29, 1.82) is 0 Å². The van der Waals surface area contributed by atoms with E-state index in [0.29, 0.717) is 0 Å². The summed E-state index contributed by atoms with van der Waals surface area (Å²) in [5, 5.41) is 8.18. The molecule has 1 aliphatic heterocycles. The van der Waals surface area contributed by atoms with Crippen LogP contribution in [0.3, 0.4) is 0 Å². The van der Waals surface area contributed by atoms with Gasteiger partial charge in [-0.3, -0.25) is 9.67 Å². The second-order valence-electron chi connectivity index (χ2n) is 5.83. The molecule has 0 radical (unpaired) electrons. The Bertz CT molecular complexity index is 750. The molecule has 0 unspecified atom stereocenters. The topological polar surface area (TPSA) is 60.6 Å². The summed E-state index contributed by atoms with van der Waals surface area (Å²) in [4.78, 5) is 8.69. The third-order valence-corrected chi connectivity index (χ3v) is 4.20. The normalized spacial score (nSPS) is 14.4. The van der Waals surface area contributed by atoms with Crippen molar-refractivity contribution >= 4 is 0 Å². The summed E-state index contributed by atoms with van der Waals surface area (Å²) in [5.74, 6) is 0.939. The molecule has 0 atom stereocenters. The molecule has 6 nitrogen and oxygen atoms in total. The van der Waals surface area contributed by atoms with Crippen molar-refractivity contribution in [3.8, 4) is 11.5 Å². The fourth-order valence-corrected chi connectivity index (χ4v) is 2.99. The number of hydrogen-bond acceptors (Lipinski definition) is 4. The van der Waals surface area contributed by atoms with Crippen molar-refractivity contribution < 1.29 is 0 Å². The van der Waals surface area contributed by atoms with Gasteiger partial charge in [0.15, 0.2) is 5.82 Å². The summed E-state index contributed by atoms with van der Waals surface area (Å²) in [6.45, 7) is 3.78. The van der Waals surface area contributed by atoms with Crippen LogP contribution in [0, 0.1) is 0 Å². The van der Waals surface area contributed by atoms with E-state index in [9.17, 15) is 0 Å². The minimum Gasteiger partial charge on any atom is -0.329 e. The van der Waals surface area contributed by atoms with Crippen molar-refractivity contribution in [2.24, 2.45) is 0 Å². The van der Waals surface area contributed by atoms with Gasteiger partial charge in [-0.2, -0.15) is 5.10 Å². The van der Waals surface area contributed by atoms with E-state index in [1.165, 1.54) is 11.3 Å². The summed E-state index contributed by atoms with van der Waals surface area (Å²) in [6, 6.07) is 6.24. The molecule has 3 aromatic heterocycles. The zero-order valence-electron chi connectivity index (χ0n) is 13.0. The molecule has 1 aliphatic rings. The molecule has 0 bridgehead atoms. The second-order valence-corrected chi connectivity index (χ2v) is 5.83. The van der Waals surface area contributed by atoms with Crippen molar-refractivity contribution in [2.45, 2.75) is 32.5 Å². The van der Waals surface area contributed by atoms with Crippen molar-refractivity contribution in [2.75, 3.05) is 6.54 Å². The summed E-state index contributed by atoms with van der Waals surface area (Å²) in [6.07, 6.45) is 9.64. The maximum Gasteiger partial charge on any atom is 0.160 e. The van der Waals surface area contributed by atoms with Crippen LogP contribution >= 0.6 is 0 Å². The maximum atomic E-state index is 4.75. The summed E-state index contributed by atoms with van der Waals surface area (Å²) >= 11 is 0. The molecule has 0 aromatic carbocycles. The fourth-order valence-electron chi connectivity index (χ4n) is 2.99. The highest BCUT2D eigenvalue weighted by Crippen LogP contribution is 2.19. The lowest BCUT2D eigenvalue weighted by Crippen LogP contribution is -2.11. The number of pyridine rings is 1. The number of nitrogens with one attached hydrogen (secondary N) is 1. The van der Waals surface area contributed by atoms with Gasteiger partial charge in [-0.05, 0) is 37.1 Å². The molecule has 0 amide bonds. The van der Waals surface area contributed by atoms with Gasteiger partial charge in [0.1, 0.15) is 5.69 Å². The smallest absolute Gasteiger partial charge is 0.160 e. The number of hydrogen-bond donors (Lipinski definition) is 1. The minimum absolute atomic E-state index is 0.876. The third kappa shape index (κ3) is 3.03. The molecule has 0 fully saturated rings. The highest BCUT2D eigenvalue weighted by Gasteiger charge is 2.15. The Morgan fingerprint density at radius 3 is 3.17 bits per heavy atom. The molecule has 3 aromatic rings. The average molecular weight is 308 g/mol. The van der Waals surface area contributed by atoms with Gasteiger partial charge < -0.3 is 9.88 Å². The van der Waals surface area contributed by atoms with Gasteiger partial charge in [-0.25, -0.2) is 4.98 Å². The number of aryl methyl sites for hydroxylation is 3. The molecule has 23 heavy (non-hydrogen) atoms. The summed E-state index contributed by atoms with van der Waals surface area (Å²) < 4.78 is 4.28. The number of fused-ring (bicyclic) bond motifs is 1. The highest BCUT2D eigenvalue weighted by atomic mass is 15.3. The Morgan fingerprint density at radius 1 is 1.26 bits per heavy atom. The first-order valence-corrected chi connectivity index (χ1v) is 8.08. The predicted octanol–water partition coefficient (Wildman–Crippen LogP) is 1.88. The SMILES string of the molecule is c1cncc(CCn2ccnc2-c2cc3n(n2)CCCNC3)c1. The Labute approximate surface area is 135 Å². The lowest BCUT2D eigenvalue weighted by atomic mass is 10.2. The first-order chi connectivity index (χ1) is 11.4. The predicted molar refractivity (Wildman–Crippen MR) is 87.7 cm³/mol. The molecule has 0 saturated carbocycles. The van der Waals surface area contributed by atoms with E-state index in [-0.39, 0.29) is 0 Å². The molecular weight excluding hydrogens is 288 g/mol. The van der Waals surface area contributed by atoms with Crippen LogP contribution in [-0.4, -0.2) is 30.9 Å². The van der Waals surface area contributed by atoms with E-state index in [1.807, 2.05) is 24.7 Å². The van der Waals surface area contributed by atoms with Gasteiger partial charge in [0.2, 0.25) is 0 Å². The fraction of sp³-hybridized carbons (Fsp3) is 0.353. The van der Waals surface area contributed by atoms with Crippen LogP contribution in [0.4, 0.5) is 0 Å². The van der Waals surface area contributed by atoms with E-state index >= 15 is 0 Å². The average Bonchev–Trinajstić information content (AvgIpc) is 3.15. The van der Waals surface area contributed by atoms with Crippen LogP contribution in [0.25, 0.3) is 11.5 Å². The molecule has 4 rings (SSSR count). The van der Waals surface area contributed by atoms with Gasteiger partial charge in [-0.1, -0.05) is 6.07 Å². The van der Waals surface area contributed by atoms with Gasteiger partial charge in [0, 0.05) is 44.4 Å². The quantitative estimate of drug-likeness (QED) is 0.799. The maximum absolute atomic E-state index is 4.75. The second kappa shape index (κ2) is 6.34. The summed E-state index contributed by atoms with van der Waals surface area (Å²) in [5.41, 5.74) is 3.43. The number of rotatable bonds is 4. The van der Waals surface area contributed by atoms with E-state index in [2.05, 4.69) is 36.7 Å². The minimum atomic E-state index is 0.876. The molecule has 6 heteroatoms. The number of aromatic nitrogens is 5. The van der Waals surface area contributed by atoms with Crippen LogP contribution in [0.5, 0.6) is 0 Å². The van der Waals surface area contributed by atoms with E-state index in [0.717, 1.165) is 50.5 Å². The zero-order valence-corrected chi connectivity index (χ0v) is 13.0.